The Morgan fingerprint density at radius 3 is 2.76 bits per heavy atom. The van der Waals surface area contributed by atoms with Gasteiger partial charge in [0.15, 0.2) is 5.65 Å². The first-order valence-corrected chi connectivity index (χ1v) is 6.84. The van der Waals surface area contributed by atoms with Crippen LogP contribution in [-0.2, 0) is 10.6 Å². The molecule has 0 amide bonds. The zero-order valence-corrected chi connectivity index (χ0v) is 12.0. The lowest BCUT2D eigenvalue weighted by atomic mass is 10.1. The average Bonchev–Trinajstić information content (AvgIpc) is 2.97. The fraction of sp³-hybridized carbons (Fsp3) is 0.133. The molecule has 3 aromatic rings. The number of esters is 1. The van der Waals surface area contributed by atoms with E-state index >= 15 is 0 Å². The van der Waals surface area contributed by atoms with Gasteiger partial charge in [0.05, 0.1) is 18.2 Å². The predicted octanol–water partition coefficient (Wildman–Crippen LogP) is 3.15. The van der Waals surface area contributed by atoms with Gasteiger partial charge < -0.3 is 9.72 Å². The lowest BCUT2D eigenvalue weighted by Gasteiger charge is -1.98. The highest BCUT2D eigenvalue weighted by molar-refractivity contribution is 6.17. The number of hydrogen-bond acceptors (Lipinski definition) is 4. The summed E-state index contributed by atoms with van der Waals surface area (Å²) in [7, 11) is 1.34. The molecule has 0 fully saturated rings. The number of pyridine rings is 1. The number of hydrogen-bond donors (Lipinski definition) is 1. The van der Waals surface area contributed by atoms with E-state index in [0.29, 0.717) is 28.4 Å². The Kier molecular flexibility index (Phi) is 3.58. The minimum Gasteiger partial charge on any atom is -0.465 e. The van der Waals surface area contributed by atoms with Crippen LogP contribution in [0.3, 0.4) is 0 Å². The SMILES string of the molecule is COC(=O)c1cnc2nc(-c3ccc(CCl)cc3)[nH]c2c1. The number of nitrogens with one attached hydrogen (secondary N) is 1. The number of rotatable bonds is 3. The summed E-state index contributed by atoms with van der Waals surface area (Å²) in [5, 5.41) is 0. The van der Waals surface area contributed by atoms with Crippen molar-refractivity contribution in [2.45, 2.75) is 5.88 Å². The van der Waals surface area contributed by atoms with Crippen molar-refractivity contribution in [2.75, 3.05) is 7.11 Å². The molecule has 0 atom stereocenters. The molecule has 2 aromatic heterocycles. The first-order chi connectivity index (χ1) is 10.2. The molecule has 0 bridgehead atoms. The van der Waals surface area contributed by atoms with E-state index in [0.717, 1.165) is 11.1 Å². The second-order valence-electron chi connectivity index (χ2n) is 4.50. The van der Waals surface area contributed by atoms with Crippen LogP contribution in [-0.4, -0.2) is 28.0 Å². The molecule has 0 aliphatic heterocycles. The molecule has 0 aliphatic carbocycles. The van der Waals surface area contributed by atoms with Gasteiger partial charge in [-0.15, -0.1) is 11.6 Å². The first-order valence-electron chi connectivity index (χ1n) is 6.30. The Balaban J connectivity index is 2.01. The number of aromatic nitrogens is 3. The lowest BCUT2D eigenvalue weighted by Crippen LogP contribution is -2.01. The lowest BCUT2D eigenvalue weighted by molar-refractivity contribution is 0.0600. The van der Waals surface area contributed by atoms with Gasteiger partial charge in [-0.05, 0) is 11.6 Å². The smallest absolute Gasteiger partial charge is 0.339 e. The van der Waals surface area contributed by atoms with Gasteiger partial charge in [0.1, 0.15) is 5.82 Å². The number of carbonyl (C=O) groups excluding carboxylic acids is 1. The van der Waals surface area contributed by atoms with Gasteiger partial charge in [-0.1, -0.05) is 24.3 Å². The van der Waals surface area contributed by atoms with Crippen LogP contribution in [0, 0.1) is 0 Å². The molecule has 3 rings (SSSR count). The van der Waals surface area contributed by atoms with Crippen LogP contribution < -0.4 is 0 Å². The summed E-state index contributed by atoms with van der Waals surface area (Å²) < 4.78 is 4.68. The zero-order valence-electron chi connectivity index (χ0n) is 11.3. The molecule has 1 aromatic carbocycles. The number of alkyl halides is 1. The summed E-state index contributed by atoms with van der Waals surface area (Å²) in [6, 6.07) is 9.46. The number of methoxy groups -OCH3 is 1. The third-order valence-electron chi connectivity index (χ3n) is 3.14. The number of carbonyl (C=O) groups is 1. The monoisotopic (exact) mass is 301 g/mol. The molecular weight excluding hydrogens is 290 g/mol. The Morgan fingerprint density at radius 2 is 2.10 bits per heavy atom. The van der Waals surface area contributed by atoms with Crippen LogP contribution in [0.2, 0.25) is 0 Å². The molecule has 0 spiro atoms. The van der Waals surface area contributed by atoms with Crippen molar-refractivity contribution < 1.29 is 9.53 Å². The Hall–Kier alpha value is -2.40. The Morgan fingerprint density at radius 1 is 1.33 bits per heavy atom. The molecule has 21 heavy (non-hydrogen) atoms. The largest absolute Gasteiger partial charge is 0.465 e. The molecule has 0 saturated heterocycles. The van der Waals surface area contributed by atoms with Gasteiger partial charge in [0.2, 0.25) is 0 Å². The van der Waals surface area contributed by atoms with E-state index in [1.54, 1.807) is 6.07 Å². The maximum Gasteiger partial charge on any atom is 0.339 e. The van der Waals surface area contributed by atoms with Crippen LogP contribution in [0.4, 0.5) is 0 Å². The molecule has 0 aliphatic rings. The summed E-state index contributed by atoms with van der Waals surface area (Å²) in [5.41, 5.74) is 3.61. The van der Waals surface area contributed by atoms with Crippen molar-refractivity contribution in [2.24, 2.45) is 0 Å². The van der Waals surface area contributed by atoms with Gasteiger partial charge in [0.25, 0.3) is 0 Å². The molecule has 0 radical (unpaired) electrons. The van der Waals surface area contributed by atoms with Gasteiger partial charge in [-0.2, -0.15) is 0 Å². The Labute approximate surface area is 125 Å². The van der Waals surface area contributed by atoms with Crippen molar-refractivity contribution in [3.63, 3.8) is 0 Å². The number of aromatic amines is 1. The van der Waals surface area contributed by atoms with E-state index in [1.165, 1.54) is 13.3 Å². The first kappa shape index (κ1) is 13.6. The number of nitrogens with zero attached hydrogens (tertiary/aromatic N) is 2. The van der Waals surface area contributed by atoms with E-state index in [4.69, 9.17) is 11.6 Å². The predicted molar refractivity (Wildman–Crippen MR) is 80.2 cm³/mol. The van der Waals surface area contributed by atoms with Gasteiger partial charge in [-0.25, -0.2) is 14.8 Å². The fourth-order valence-corrected chi connectivity index (χ4v) is 2.20. The number of fused-ring (bicyclic) bond motifs is 1. The normalized spacial score (nSPS) is 10.8. The molecule has 0 saturated carbocycles. The quantitative estimate of drug-likeness (QED) is 0.596. The highest BCUT2D eigenvalue weighted by atomic mass is 35.5. The average molecular weight is 302 g/mol. The van der Waals surface area contributed by atoms with Crippen molar-refractivity contribution in [1.82, 2.24) is 15.0 Å². The number of benzene rings is 1. The molecule has 2 heterocycles. The molecule has 106 valence electrons. The van der Waals surface area contributed by atoms with Crippen LogP contribution in [0.25, 0.3) is 22.6 Å². The van der Waals surface area contributed by atoms with Crippen molar-refractivity contribution in [1.29, 1.82) is 0 Å². The molecular formula is C15H12ClN3O2. The minimum atomic E-state index is -0.424. The summed E-state index contributed by atoms with van der Waals surface area (Å²) in [6.45, 7) is 0. The minimum absolute atomic E-state index is 0.387. The highest BCUT2D eigenvalue weighted by Crippen LogP contribution is 2.21. The van der Waals surface area contributed by atoms with Crippen molar-refractivity contribution >= 4 is 28.7 Å². The van der Waals surface area contributed by atoms with Gasteiger partial charge >= 0.3 is 5.97 Å². The Bertz CT molecular complexity index is 796. The second kappa shape index (κ2) is 5.54. The van der Waals surface area contributed by atoms with Gasteiger partial charge in [0, 0.05) is 17.6 Å². The molecule has 6 heteroatoms. The summed E-state index contributed by atoms with van der Waals surface area (Å²) >= 11 is 5.77. The highest BCUT2D eigenvalue weighted by Gasteiger charge is 2.11. The topological polar surface area (TPSA) is 67.9 Å². The van der Waals surface area contributed by atoms with Crippen molar-refractivity contribution in [3.8, 4) is 11.4 Å². The summed E-state index contributed by atoms with van der Waals surface area (Å²) in [6.07, 6.45) is 1.45. The van der Waals surface area contributed by atoms with Crippen molar-refractivity contribution in [3.05, 3.63) is 47.7 Å². The third-order valence-corrected chi connectivity index (χ3v) is 3.45. The number of imidazole rings is 1. The van der Waals surface area contributed by atoms with Crippen LogP contribution in [0.1, 0.15) is 15.9 Å². The van der Waals surface area contributed by atoms with Crippen LogP contribution in [0.5, 0.6) is 0 Å². The standard InChI is InChI=1S/C15H12ClN3O2/c1-21-15(20)11-6-12-14(17-8-11)19-13(18-12)10-4-2-9(7-16)3-5-10/h2-6,8H,7H2,1H3,(H,17,18,19). The van der Waals surface area contributed by atoms with E-state index in [2.05, 4.69) is 19.7 Å². The number of halogens is 1. The van der Waals surface area contributed by atoms with Crippen LogP contribution in [0.15, 0.2) is 36.5 Å². The molecule has 0 unspecified atom stereocenters. The van der Waals surface area contributed by atoms with E-state index in [-0.39, 0.29) is 0 Å². The van der Waals surface area contributed by atoms with E-state index < -0.39 is 5.97 Å². The van der Waals surface area contributed by atoms with Gasteiger partial charge in [-0.3, -0.25) is 0 Å². The summed E-state index contributed by atoms with van der Waals surface area (Å²) in [5.74, 6) is 0.748. The fourth-order valence-electron chi connectivity index (χ4n) is 2.02. The zero-order chi connectivity index (χ0) is 14.8. The third kappa shape index (κ3) is 2.60. The van der Waals surface area contributed by atoms with Crippen LogP contribution >= 0.6 is 11.6 Å². The van der Waals surface area contributed by atoms with E-state index in [9.17, 15) is 4.79 Å². The maximum absolute atomic E-state index is 11.5. The number of ether oxygens (including phenoxy) is 1. The molecule has 5 nitrogen and oxygen atoms in total. The summed E-state index contributed by atoms with van der Waals surface area (Å²) in [4.78, 5) is 23.2. The maximum atomic E-state index is 11.5. The van der Waals surface area contributed by atoms with E-state index in [1.807, 2.05) is 24.3 Å². The second-order valence-corrected chi connectivity index (χ2v) is 4.77. The molecule has 1 N–H and O–H groups in total. The number of H-pyrrole nitrogens is 1.